The lowest BCUT2D eigenvalue weighted by Gasteiger charge is -2.44. The molecule has 4 heteroatoms. The predicted octanol–water partition coefficient (Wildman–Crippen LogP) is 3.92. The van der Waals surface area contributed by atoms with Crippen LogP contribution in [0.3, 0.4) is 0 Å². The molecule has 1 aliphatic heterocycles. The number of likely N-dealkylation sites (tertiary alicyclic amines) is 1. The third-order valence-corrected chi connectivity index (χ3v) is 5.22. The SMILES string of the molecule is O=C(c1ccc(Cl)nc1)N1CCC2(CCCCC2)CC1. The van der Waals surface area contributed by atoms with Crippen molar-refractivity contribution in [1.29, 1.82) is 0 Å². The van der Waals surface area contributed by atoms with E-state index in [2.05, 4.69) is 4.98 Å². The van der Waals surface area contributed by atoms with Crippen molar-refractivity contribution >= 4 is 17.5 Å². The highest BCUT2D eigenvalue weighted by atomic mass is 35.5. The number of aromatic nitrogens is 1. The Morgan fingerprint density at radius 2 is 1.80 bits per heavy atom. The monoisotopic (exact) mass is 292 g/mol. The maximum atomic E-state index is 12.4. The van der Waals surface area contributed by atoms with E-state index in [1.165, 1.54) is 44.9 Å². The summed E-state index contributed by atoms with van der Waals surface area (Å²) in [5, 5.41) is 0.432. The molecule has 20 heavy (non-hydrogen) atoms. The molecule has 0 radical (unpaired) electrons. The normalized spacial score (nSPS) is 21.9. The summed E-state index contributed by atoms with van der Waals surface area (Å²) >= 11 is 5.76. The number of pyridine rings is 1. The van der Waals surface area contributed by atoms with Crippen LogP contribution in [0.5, 0.6) is 0 Å². The van der Waals surface area contributed by atoms with Crippen LogP contribution in [0.4, 0.5) is 0 Å². The van der Waals surface area contributed by atoms with E-state index in [1.807, 2.05) is 4.90 Å². The summed E-state index contributed by atoms with van der Waals surface area (Å²) in [7, 11) is 0. The summed E-state index contributed by atoms with van der Waals surface area (Å²) in [5.41, 5.74) is 1.18. The van der Waals surface area contributed by atoms with Crippen LogP contribution in [0.25, 0.3) is 0 Å². The van der Waals surface area contributed by atoms with Gasteiger partial charge in [0, 0.05) is 19.3 Å². The molecule has 1 aromatic heterocycles. The van der Waals surface area contributed by atoms with Crippen LogP contribution in [0.1, 0.15) is 55.3 Å². The van der Waals surface area contributed by atoms with Crippen molar-refractivity contribution in [2.75, 3.05) is 13.1 Å². The van der Waals surface area contributed by atoms with E-state index in [4.69, 9.17) is 11.6 Å². The summed E-state index contributed by atoms with van der Waals surface area (Å²) < 4.78 is 0. The van der Waals surface area contributed by atoms with Crippen LogP contribution in [0, 0.1) is 5.41 Å². The molecule has 2 fully saturated rings. The summed E-state index contributed by atoms with van der Waals surface area (Å²) in [5.74, 6) is 0.0971. The molecule has 1 aromatic rings. The first-order valence-corrected chi connectivity index (χ1v) is 7.97. The van der Waals surface area contributed by atoms with Crippen molar-refractivity contribution in [3.05, 3.63) is 29.0 Å². The zero-order chi connectivity index (χ0) is 14.0. The quantitative estimate of drug-likeness (QED) is 0.735. The van der Waals surface area contributed by atoms with E-state index in [0.29, 0.717) is 16.1 Å². The zero-order valence-corrected chi connectivity index (χ0v) is 12.5. The van der Waals surface area contributed by atoms with Gasteiger partial charge in [0.15, 0.2) is 0 Å². The Balaban J connectivity index is 1.62. The molecular weight excluding hydrogens is 272 g/mol. The topological polar surface area (TPSA) is 33.2 Å². The van der Waals surface area contributed by atoms with E-state index in [0.717, 1.165) is 13.1 Å². The van der Waals surface area contributed by atoms with Gasteiger partial charge in [0.25, 0.3) is 5.91 Å². The van der Waals surface area contributed by atoms with E-state index >= 15 is 0 Å². The Labute approximate surface area is 125 Å². The molecule has 3 nitrogen and oxygen atoms in total. The van der Waals surface area contributed by atoms with Gasteiger partial charge in [-0.2, -0.15) is 0 Å². The van der Waals surface area contributed by atoms with Crippen molar-refractivity contribution in [1.82, 2.24) is 9.88 Å². The van der Waals surface area contributed by atoms with E-state index < -0.39 is 0 Å². The van der Waals surface area contributed by atoms with Crippen LogP contribution >= 0.6 is 11.6 Å². The van der Waals surface area contributed by atoms with Gasteiger partial charge in [-0.25, -0.2) is 4.98 Å². The van der Waals surface area contributed by atoms with Crippen LogP contribution in [-0.4, -0.2) is 28.9 Å². The number of piperidine rings is 1. The summed E-state index contributed by atoms with van der Waals surface area (Å²) in [6.45, 7) is 1.78. The number of amides is 1. The lowest BCUT2D eigenvalue weighted by Crippen LogP contribution is -2.43. The van der Waals surface area contributed by atoms with Gasteiger partial charge in [0.1, 0.15) is 5.15 Å². The van der Waals surface area contributed by atoms with Gasteiger partial charge >= 0.3 is 0 Å². The molecule has 0 atom stereocenters. The summed E-state index contributed by atoms with van der Waals surface area (Å²) in [6, 6.07) is 3.45. The molecule has 0 unspecified atom stereocenters. The van der Waals surface area contributed by atoms with Crippen molar-refractivity contribution < 1.29 is 4.79 Å². The average Bonchev–Trinajstić information content (AvgIpc) is 2.49. The predicted molar refractivity (Wildman–Crippen MR) is 79.9 cm³/mol. The number of halogens is 1. The van der Waals surface area contributed by atoms with Crippen molar-refractivity contribution in [3.8, 4) is 0 Å². The molecule has 0 N–H and O–H groups in total. The molecule has 108 valence electrons. The fraction of sp³-hybridized carbons (Fsp3) is 0.625. The highest BCUT2D eigenvalue weighted by molar-refractivity contribution is 6.29. The van der Waals surface area contributed by atoms with Gasteiger partial charge < -0.3 is 4.90 Å². The minimum Gasteiger partial charge on any atom is -0.339 e. The number of carbonyl (C=O) groups is 1. The maximum absolute atomic E-state index is 12.4. The molecule has 2 aliphatic rings. The van der Waals surface area contributed by atoms with E-state index in [-0.39, 0.29) is 5.91 Å². The zero-order valence-electron chi connectivity index (χ0n) is 11.8. The maximum Gasteiger partial charge on any atom is 0.255 e. The largest absolute Gasteiger partial charge is 0.339 e. The second kappa shape index (κ2) is 5.72. The molecule has 2 heterocycles. The third kappa shape index (κ3) is 2.83. The van der Waals surface area contributed by atoms with Gasteiger partial charge in [0.05, 0.1) is 5.56 Å². The van der Waals surface area contributed by atoms with Gasteiger partial charge in [0.2, 0.25) is 0 Å². The summed E-state index contributed by atoms with van der Waals surface area (Å²) in [6.07, 6.45) is 10.8. The highest BCUT2D eigenvalue weighted by Crippen LogP contribution is 2.44. The second-order valence-corrected chi connectivity index (χ2v) is 6.61. The molecule has 0 bridgehead atoms. The van der Waals surface area contributed by atoms with Gasteiger partial charge in [-0.1, -0.05) is 30.9 Å². The number of nitrogens with zero attached hydrogens (tertiary/aromatic N) is 2. The first-order valence-electron chi connectivity index (χ1n) is 7.59. The molecule has 1 saturated heterocycles. The number of hydrogen-bond acceptors (Lipinski definition) is 2. The van der Waals surface area contributed by atoms with Crippen LogP contribution in [0.2, 0.25) is 5.15 Å². The lowest BCUT2D eigenvalue weighted by molar-refractivity contribution is 0.0471. The van der Waals surface area contributed by atoms with E-state index in [1.54, 1.807) is 18.3 Å². The average molecular weight is 293 g/mol. The lowest BCUT2D eigenvalue weighted by atomic mass is 9.68. The molecule has 0 aromatic carbocycles. The Kier molecular flexibility index (Phi) is 3.97. The van der Waals surface area contributed by atoms with Crippen LogP contribution < -0.4 is 0 Å². The number of hydrogen-bond donors (Lipinski definition) is 0. The minimum atomic E-state index is 0.0971. The second-order valence-electron chi connectivity index (χ2n) is 6.22. The first-order chi connectivity index (χ1) is 9.69. The molecule has 1 saturated carbocycles. The molecule has 1 aliphatic carbocycles. The molecule has 3 rings (SSSR count). The Bertz CT molecular complexity index is 470. The van der Waals surface area contributed by atoms with Crippen molar-refractivity contribution in [2.24, 2.45) is 5.41 Å². The first kappa shape index (κ1) is 13.9. The van der Waals surface area contributed by atoms with Crippen molar-refractivity contribution in [3.63, 3.8) is 0 Å². The summed E-state index contributed by atoms with van der Waals surface area (Å²) in [4.78, 5) is 18.4. The smallest absolute Gasteiger partial charge is 0.255 e. The van der Waals surface area contributed by atoms with Crippen LogP contribution in [-0.2, 0) is 0 Å². The Morgan fingerprint density at radius 3 is 2.40 bits per heavy atom. The van der Waals surface area contributed by atoms with Gasteiger partial charge in [-0.05, 0) is 43.2 Å². The van der Waals surface area contributed by atoms with E-state index in [9.17, 15) is 4.79 Å². The van der Waals surface area contributed by atoms with Crippen LogP contribution in [0.15, 0.2) is 18.3 Å². The highest BCUT2D eigenvalue weighted by Gasteiger charge is 2.36. The van der Waals surface area contributed by atoms with Crippen molar-refractivity contribution in [2.45, 2.75) is 44.9 Å². The molecule has 1 spiro atoms. The minimum absolute atomic E-state index is 0.0971. The Morgan fingerprint density at radius 1 is 1.10 bits per heavy atom. The number of carbonyl (C=O) groups excluding carboxylic acids is 1. The third-order valence-electron chi connectivity index (χ3n) is 5.00. The fourth-order valence-corrected chi connectivity index (χ4v) is 3.78. The Hall–Kier alpha value is -1.09. The fourth-order valence-electron chi connectivity index (χ4n) is 3.67. The number of rotatable bonds is 1. The van der Waals surface area contributed by atoms with Gasteiger partial charge in [-0.15, -0.1) is 0 Å². The molecular formula is C16H21ClN2O. The standard InChI is InChI=1S/C16H21ClN2O/c17-14-5-4-13(12-18-14)15(20)19-10-8-16(9-11-19)6-2-1-3-7-16/h4-5,12H,1-3,6-11H2. The molecule has 1 amide bonds. The van der Waals surface area contributed by atoms with Gasteiger partial charge in [-0.3, -0.25) is 4.79 Å².